The first kappa shape index (κ1) is 48.9. The Morgan fingerprint density at radius 3 is 1.24 bits per heavy atom. The maximum atomic E-state index is 10.3. The Bertz CT molecular complexity index is 1550. The number of nitrogens with two attached hydrogens (primary N) is 2. The van der Waals surface area contributed by atoms with E-state index in [1.165, 1.54) is 7.14 Å². The van der Waals surface area contributed by atoms with Crippen molar-refractivity contribution >= 4 is 144 Å². The van der Waals surface area contributed by atoms with Gasteiger partial charge in [0.2, 0.25) is 5.39 Å². The molecule has 0 atom stereocenters. The second-order valence-corrected chi connectivity index (χ2v) is 14.5. The molecule has 0 saturated heterocycles. The van der Waals surface area contributed by atoms with E-state index in [0.717, 1.165) is 22.1 Å². The van der Waals surface area contributed by atoms with Crippen LogP contribution in [-0.2, 0) is 0 Å². The normalized spacial score (nSPS) is 8.65. The standard InChI is InChI=1S/C7H5IO2.C6H7IN2.C6H4IN2.C6H6IN.C6H5IO.BF3.FH/c8-6-3-1-5(2-4-6)7(9)10;2*7-5-1-3-6(9-8)4-2-5;2*7-5-1-3-6(8)4-2-5;2-1(3)4;/h1-4H,(H,9,10);1-4,9H,8H2;1-4H;1-4H,8H2;1-4,8H;;1H/q;;+1;;;;/p-1. The molecule has 0 radical (unpaired) electrons. The van der Waals surface area contributed by atoms with Crippen molar-refractivity contribution in [2.24, 2.45) is 5.84 Å². The van der Waals surface area contributed by atoms with Crippen molar-refractivity contribution in [3.63, 3.8) is 0 Å². The van der Waals surface area contributed by atoms with Crippen molar-refractivity contribution in [1.82, 2.24) is 0 Å². The first-order valence-corrected chi connectivity index (χ1v) is 18.3. The summed E-state index contributed by atoms with van der Waals surface area (Å²) in [6, 6.07) is 36.6. The van der Waals surface area contributed by atoms with Crippen LogP contribution in [-0.4, -0.2) is 23.7 Å². The van der Waals surface area contributed by atoms with Crippen LogP contribution in [0.2, 0.25) is 0 Å². The van der Waals surface area contributed by atoms with E-state index in [1.807, 2.05) is 72.8 Å². The molecule has 5 aromatic rings. The Labute approximate surface area is 349 Å². The van der Waals surface area contributed by atoms with Gasteiger partial charge in [-0.05, 0) is 222 Å². The first-order valence-electron chi connectivity index (χ1n) is 12.9. The van der Waals surface area contributed by atoms with Crippen LogP contribution in [0, 0.1) is 23.2 Å². The zero-order valence-corrected chi connectivity index (χ0v) is 35.7. The monoisotopic (exact) mass is 1240 g/mol. The lowest BCUT2D eigenvalue weighted by atomic mass is 10.2. The number of hydrogen-bond acceptors (Lipinski definition) is 6. The van der Waals surface area contributed by atoms with Gasteiger partial charge in [-0.2, -0.15) is 0 Å². The van der Waals surface area contributed by atoms with Crippen LogP contribution in [0.15, 0.2) is 121 Å². The van der Waals surface area contributed by atoms with Crippen LogP contribution in [0.1, 0.15) is 10.4 Å². The van der Waals surface area contributed by atoms with Crippen LogP contribution in [0.5, 0.6) is 5.75 Å². The number of halogens is 9. The molecule has 8 nitrogen and oxygen atoms in total. The number of benzene rings is 5. The van der Waals surface area contributed by atoms with Gasteiger partial charge in [0, 0.05) is 41.4 Å². The number of carbonyl (C=O) groups is 1. The minimum absolute atomic E-state index is 0. The number of hydrazine groups is 1. The number of phenols is 1. The van der Waals surface area contributed by atoms with E-state index in [-0.39, 0.29) is 4.70 Å². The van der Waals surface area contributed by atoms with Gasteiger partial charge in [-0.25, -0.2) is 4.79 Å². The van der Waals surface area contributed by atoms with Crippen molar-refractivity contribution in [1.29, 1.82) is 5.39 Å². The highest BCUT2D eigenvalue weighted by molar-refractivity contribution is 14.1. The average molecular weight is 1240 g/mol. The highest BCUT2D eigenvalue weighted by atomic mass is 127. The molecule has 260 valence electrons. The summed E-state index contributed by atoms with van der Waals surface area (Å²) in [5, 5.41) is 25.5. The van der Waals surface area contributed by atoms with Gasteiger partial charge in [0.25, 0.3) is 0 Å². The van der Waals surface area contributed by atoms with Crippen LogP contribution in [0.3, 0.4) is 0 Å². The quantitative estimate of drug-likeness (QED) is 0.0228. The summed E-state index contributed by atoms with van der Waals surface area (Å²) in [5.41, 5.74) is 10.7. The van der Waals surface area contributed by atoms with Crippen molar-refractivity contribution in [2.75, 3.05) is 11.2 Å². The number of carboxylic acid groups (broad SMARTS) is 1. The van der Waals surface area contributed by atoms with E-state index in [0.29, 0.717) is 17.0 Å². The smallest absolute Gasteiger partial charge is 0.762 e. The van der Waals surface area contributed by atoms with E-state index < -0.39 is 13.5 Å². The Morgan fingerprint density at radius 1 is 0.653 bits per heavy atom. The van der Waals surface area contributed by atoms with Crippen molar-refractivity contribution < 1.29 is 32.7 Å². The highest BCUT2D eigenvalue weighted by Gasteiger charge is 2.06. The summed E-state index contributed by atoms with van der Waals surface area (Å²) < 4.78 is 34.8. The lowest BCUT2D eigenvalue weighted by molar-refractivity contribution is -0.0000283. The third-order valence-corrected chi connectivity index (χ3v) is 8.34. The van der Waals surface area contributed by atoms with Gasteiger partial charge in [-0.15, -0.1) is 0 Å². The lowest BCUT2D eigenvalue weighted by Crippen LogP contribution is -3.00. The molecule has 0 saturated carbocycles. The zero-order valence-electron chi connectivity index (χ0n) is 24.9. The summed E-state index contributed by atoms with van der Waals surface area (Å²) in [4.78, 5) is 13.3. The number of aromatic hydroxyl groups is 1. The minimum atomic E-state index is -3.67. The zero-order chi connectivity index (χ0) is 36.5. The lowest BCUT2D eigenvalue weighted by Gasteiger charge is -1.96. The Morgan fingerprint density at radius 2 is 0.959 bits per heavy atom. The first-order chi connectivity index (χ1) is 22.7. The van der Waals surface area contributed by atoms with Gasteiger partial charge in [0.05, 0.1) is 5.56 Å². The predicted octanol–water partition coefficient (Wildman–Crippen LogP) is 8.10. The highest BCUT2D eigenvalue weighted by Crippen LogP contribution is 2.13. The molecule has 0 heterocycles. The van der Waals surface area contributed by atoms with Crippen molar-refractivity contribution in [3.05, 3.63) is 150 Å². The van der Waals surface area contributed by atoms with E-state index >= 15 is 0 Å². The number of hydrogen-bond donors (Lipinski definition) is 5. The molecule has 5 rings (SSSR count). The molecule has 5 aromatic carbocycles. The minimum Gasteiger partial charge on any atom is -1.00 e. The summed E-state index contributed by atoms with van der Waals surface area (Å²) in [7, 11) is -3.67. The number of diazo groups is 1. The maximum absolute atomic E-state index is 10.3. The Balaban J connectivity index is 0. The number of nitrogen functional groups attached to an aromatic ring is 2. The molecule has 0 aliphatic carbocycles. The van der Waals surface area contributed by atoms with Gasteiger partial charge in [0.15, 0.2) is 4.98 Å². The molecule has 0 aliphatic rings. The molecule has 18 heteroatoms. The molecule has 0 unspecified atom stereocenters. The number of nitrogens with one attached hydrogen (secondary N) is 1. The van der Waals surface area contributed by atoms with Gasteiger partial charge in [0.1, 0.15) is 5.75 Å². The number of aromatic carboxylic acids is 1. The fourth-order valence-corrected chi connectivity index (χ4v) is 4.35. The molecular weight excluding hydrogens is 1210 g/mol. The van der Waals surface area contributed by atoms with Crippen LogP contribution < -0.4 is 21.7 Å². The number of phenolic OH excluding ortho intramolecular Hbond substituents is 1. The SMILES string of the molecule is FB(F)F.N#[N+]c1ccc(I)cc1.NNc1ccc(I)cc1.Nc1ccc(I)cc1.O=C(O)c1ccc(I)cc1.Oc1ccc(I)cc1.[F-]. The topological polar surface area (TPSA) is 150 Å². The van der Waals surface area contributed by atoms with E-state index in [1.54, 1.807) is 48.5 Å². The van der Waals surface area contributed by atoms with E-state index in [4.69, 9.17) is 27.2 Å². The predicted molar refractivity (Wildman–Crippen MR) is 230 cm³/mol. The van der Waals surface area contributed by atoms with Crippen LogP contribution >= 0.6 is 113 Å². The molecule has 49 heavy (non-hydrogen) atoms. The summed E-state index contributed by atoms with van der Waals surface area (Å²) in [6.07, 6.45) is 0. The van der Waals surface area contributed by atoms with E-state index in [9.17, 15) is 17.7 Å². The summed E-state index contributed by atoms with van der Waals surface area (Å²) in [6.45, 7) is 0. The largest absolute Gasteiger partial charge is 1.00 e. The fourth-order valence-electron chi connectivity index (χ4n) is 2.55. The number of carboxylic acids is 1. The van der Waals surface area contributed by atoms with Crippen molar-refractivity contribution in [3.8, 4) is 5.75 Å². The summed E-state index contributed by atoms with van der Waals surface area (Å²) >= 11 is 11.0. The summed E-state index contributed by atoms with van der Waals surface area (Å²) in [5.74, 6) is 4.59. The Hall–Kier alpha value is -2.22. The maximum Gasteiger partial charge on any atom is 0.762 e. The third-order valence-electron chi connectivity index (χ3n) is 4.74. The molecule has 0 bridgehead atoms. The van der Waals surface area contributed by atoms with Gasteiger partial charge in [-0.1, -0.05) is 0 Å². The molecular formula is C31H27BF4I5N5O3. The molecule has 0 fully saturated rings. The number of nitrogens with zero attached hydrogens (tertiary/aromatic N) is 2. The van der Waals surface area contributed by atoms with Crippen LogP contribution in [0.4, 0.5) is 30.0 Å². The van der Waals surface area contributed by atoms with Crippen LogP contribution in [0.25, 0.3) is 4.98 Å². The number of anilines is 2. The van der Waals surface area contributed by atoms with Gasteiger partial charge in [-0.3, -0.25) is 18.8 Å². The van der Waals surface area contributed by atoms with Crippen molar-refractivity contribution in [2.45, 2.75) is 0 Å². The second-order valence-electron chi connectivity index (χ2n) is 8.32. The average Bonchev–Trinajstić information content (AvgIpc) is 3.06. The Kier molecular flexibility index (Phi) is 29.4. The molecule has 0 spiro atoms. The molecule has 0 aromatic heterocycles. The second kappa shape index (κ2) is 29.5. The fraction of sp³-hybridized carbons (Fsp3) is 0. The molecule has 7 N–H and O–H groups in total. The third kappa shape index (κ3) is 28.2. The molecule has 0 amide bonds. The number of rotatable bonds is 2. The molecule has 0 aliphatic heterocycles. The van der Waals surface area contributed by atoms with E-state index in [2.05, 4.69) is 123 Å². The van der Waals surface area contributed by atoms with Gasteiger partial charge < -0.3 is 26.1 Å². The van der Waals surface area contributed by atoms with Gasteiger partial charge >= 0.3 is 19.2 Å².